The first kappa shape index (κ1) is 20.8. The highest BCUT2D eigenvalue weighted by Crippen LogP contribution is 2.27. The van der Waals surface area contributed by atoms with E-state index in [1.54, 1.807) is 0 Å². The number of amides is 1. The summed E-state index contributed by atoms with van der Waals surface area (Å²) in [7, 11) is 0. The fourth-order valence-electron chi connectivity index (χ4n) is 3.67. The Morgan fingerprint density at radius 1 is 0.871 bits per heavy atom. The van der Waals surface area contributed by atoms with Crippen molar-refractivity contribution in [2.24, 2.45) is 0 Å². The molecule has 0 atom stereocenters. The van der Waals surface area contributed by atoms with Crippen molar-refractivity contribution in [3.05, 3.63) is 82.4 Å². The van der Waals surface area contributed by atoms with Crippen LogP contribution in [0, 0.1) is 27.7 Å². The van der Waals surface area contributed by atoms with Crippen LogP contribution >= 0.6 is 12.2 Å². The van der Waals surface area contributed by atoms with E-state index in [-0.39, 0.29) is 11.0 Å². The molecule has 0 bridgehead atoms. The van der Waals surface area contributed by atoms with Crippen molar-refractivity contribution in [3.63, 3.8) is 0 Å². The molecule has 0 saturated carbocycles. The largest absolute Gasteiger partial charge is 0.436 e. The number of fused-ring (bicyclic) bond motifs is 1. The Labute approximate surface area is 186 Å². The van der Waals surface area contributed by atoms with E-state index < -0.39 is 0 Å². The van der Waals surface area contributed by atoms with Crippen LogP contribution in [0.25, 0.3) is 22.6 Å². The van der Waals surface area contributed by atoms with Crippen molar-refractivity contribution in [2.45, 2.75) is 27.7 Å². The lowest BCUT2D eigenvalue weighted by molar-refractivity contribution is 0.0977. The second-order valence-corrected chi connectivity index (χ2v) is 8.27. The highest BCUT2D eigenvalue weighted by molar-refractivity contribution is 7.80. The van der Waals surface area contributed by atoms with Crippen LogP contribution in [-0.4, -0.2) is 16.0 Å². The molecule has 0 aliphatic rings. The second-order valence-electron chi connectivity index (χ2n) is 7.86. The number of benzene rings is 3. The maximum atomic E-state index is 12.5. The zero-order valence-electron chi connectivity index (χ0n) is 17.9. The number of anilines is 1. The minimum atomic E-state index is -0.246. The van der Waals surface area contributed by atoms with Crippen LogP contribution < -0.4 is 10.6 Å². The van der Waals surface area contributed by atoms with Crippen molar-refractivity contribution in [1.29, 1.82) is 0 Å². The highest BCUT2D eigenvalue weighted by atomic mass is 32.1. The molecule has 1 amide bonds. The lowest BCUT2D eigenvalue weighted by Gasteiger charge is -2.10. The predicted molar refractivity (Wildman–Crippen MR) is 129 cm³/mol. The van der Waals surface area contributed by atoms with Gasteiger partial charge in [-0.15, -0.1) is 0 Å². The van der Waals surface area contributed by atoms with Gasteiger partial charge in [0.1, 0.15) is 5.52 Å². The van der Waals surface area contributed by atoms with Gasteiger partial charge in [-0.05, 0) is 82.4 Å². The van der Waals surface area contributed by atoms with Crippen LogP contribution in [0.2, 0.25) is 0 Å². The molecule has 0 aliphatic heterocycles. The maximum absolute atomic E-state index is 12.5. The summed E-state index contributed by atoms with van der Waals surface area (Å²) in [5.41, 5.74) is 8.01. The Morgan fingerprint density at radius 3 is 2.13 bits per heavy atom. The Hall–Kier alpha value is -3.51. The van der Waals surface area contributed by atoms with Crippen molar-refractivity contribution in [1.82, 2.24) is 10.3 Å². The third-order valence-corrected chi connectivity index (χ3v) is 5.03. The van der Waals surface area contributed by atoms with Gasteiger partial charge in [-0.3, -0.25) is 10.1 Å². The number of nitrogens with zero attached hydrogens (tertiary/aromatic N) is 1. The fourth-order valence-corrected chi connectivity index (χ4v) is 3.88. The molecule has 156 valence electrons. The van der Waals surface area contributed by atoms with Gasteiger partial charge in [0.2, 0.25) is 5.89 Å². The Balaban J connectivity index is 1.50. The Kier molecular flexibility index (Phi) is 5.57. The predicted octanol–water partition coefficient (Wildman–Crippen LogP) is 5.86. The molecule has 1 aromatic heterocycles. The Morgan fingerprint density at radius 2 is 1.48 bits per heavy atom. The number of aryl methyl sites for hydroxylation is 4. The molecule has 0 saturated heterocycles. The van der Waals surface area contributed by atoms with Crippen LogP contribution in [0.5, 0.6) is 0 Å². The summed E-state index contributed by atoms with van der Waals surface area (Å²) in [5, 5.41) is 6.00. The topological polar surface area (TPSA) is 67.2 Å². The van der Waals surface area contributed by atoms with E-state index in [9.17, 15) is 4.79 Å². The number of hydrogen-bond acceptors (Lipinski definition) is 4. The standard InChI is InChI=1S/C25H23N3O2S/c1-14-7-15(2)10-18(9-14)23(29)28-25(31)26-20-5-6-22-21(13-20)27-24(30-22)19-11-16(3)8-17(4)12-19/h5-13H,1-4H3,(H2,26,28,29,31). The number of hydrogen-bond donors (Lipinski definition) is 2. The summed E-state index contributed by atoms with van der Waals surface area (Å²) < 4.78 is 5.93. The third-order valence-electron chi connectivity index (χ3n) is 4.83. The molecule has 6 heteroatoms. The van der Waals surface area contributed by atoms with Crippen LogP contribution in [0.4, 0.5) is 5.69 Å². The monoisotopic (exact) mass is 429 g/mol. The van der Waals surface area contributed by atoms with Crippen LogP contribution in [0.1, 0.15) is 32.6 Å². The number of carbonyl (C=O) groups excluding carboxylic acids is 1. The highest BCUT2D eigenvalue weighted by Gasteiger charge is 2.12. The van der Waals surface area contributed by atoms with Gasteiger partial charge in [-0.1, -0.05) is 34.4 Å². The van der Waals surface area contributed by atoms with E-state index in [1.165, 1.54) is 0 Å². The number of nitrogens with one attached hydrogen (secondary N) is 2. The third kappa shape index (κ3) is 4.81. The average Bonchev–Trinajstić information content (AvgIpc) is 3.10. The van der Waals surface area contributed by atoms with Gasteiger partial charge in [-0.2, -0.15) is 0 Å². The molecule has 0 unspecified atom stereocenters. The number of rotatable bonds is 3. The van der Waals surface area contributed by atoms with Gasteiger partial charge in [0, 0.05) is 16.8 Å². The average molecular weight is 430 g/mol. The minimum absolute atomic E-state index is 0.224. The summed E-state index contributed by atoms with van der Waals surface area (Å²) in [6.07, 6.45) is 0. The molecule has 0 spiro atoms. The summed E-state index contributed by atoms with van der Waals surface area (Å²) >= 11 is 5.32. The van der Waals surface area contributed by atoms with Crippen LogP contribution in [0.15, 0.2) is 59.0 Å². The molecule has 3 aromatic carbocycles. The van der Waals surface area contributed by atoms with Gasteiger partial charge < -0.3 is 9.73 Å². The van der Waals surface area contributed by atoms with Crippen molar-refractivity contribution in [2.75, 3.05) is 5.32 Å². The van der Waals surface area contributed by atoms with E-state index in [4.69, 9.17) is 16.6 Å². The molecule has 4 rings (SSSR count). The fraction of sp³-hybridized carbons (Fsp3) is 0.160. The first-order chi connectivity index (χ1) is 14.8. The van der Waals surface area contributed by atoms with Gasteiger partial charge in [0.05, 0.1) is 0 Å². The molecule has 4 aromatic rings. The van der Waals surface area contributed by atoms with Gasteiger partial charge in [0.15, 0.2) is 10.7 Å². The smallest absolute Gasteiger partial charge is 0.257 e. The summed E-state index contributed by atoms with van der Waals surface area (Å²) in [6.45, 7) is 8.02. The molecule has 5 nitrogen and oxygen atoms in total. The van der Waals surface area contributed by atoms with Crippen molar-refractivity contribution < 1.29 is 9.21 Å². The van der Waals surface area contributed by atoms with E-state index in [2.05, 4.69) is 47.7 Å². The minimum Gasteiger partial charge on any atom is -0.436 e. The number of oxazole rings is 1. The lowest BCUT2D eigenvalue weighted by Crippen LogP contribution is -2.34. The summed E-state index contributed by atoms with van der Waals surface area (Å²) in [6, 6.07) is 17.4. The van der Waals surface area contributed by atoms with E-state index >= 15 is 0 Å². The zero-order valence-corrected chi connectivity index (χ0v) is 18.7. The Bertz CT molecular complexity index is 1280. The second kappa shape index (κ2) is 8.32. The molecule has 0 aliphatic carbocycles. The molecule has 0 fully saturated rings. The normalized spacial score (nSPS) is 10.8. The molecule has 2 N–H and O–H groups in total. The molecular formula is C25H23N3O2S. The van der Waals surface area contributed by atoms with E-state index in [0.29, 0.717) is 22.6 Å². The van der Waals surface area contributed by atoms with E-state index in [1.807, 2.05) is 50.2 Å². The summed E-state index contributed by atoms with van der Waals surface area (Å²) in [5.74, 6) is 0.327. The first-order valence-corrected chi connectivity index (χ1v) is 10.4. The number of aromatic nitrogens is 1. The SMILES string of the molecule is Cc1cc(C)cc(C(=O)NC(=S)Nc2ccc3oc(-c4cc(C)cc(C)c4)nc3c2)c1. The summed E-state index contributed by atoms with van der Waals surface area (Å²) in [4.78, 5) is 17.1. The molecule has 31 heavy (non-hydrogen) atoms. The van der Waals surface area contributed by atoms with Crippen LogP contribution in [0.3, 0.4) is 0 Å². The number of carbonyl (C=O) groups is 1. The van der Waals surface area contributed by atoms with Gasteiger partial charge in [-0.25, -0.2) is 4.98 Å². The zero-order chi connectivity index (χ0) is 22.1. The van der Waals surface area contributed by atoms with E-state index in [0.717, 1.165) is 33.5 Å². The lowest BCUT2D eigenvalue weighted by atomic mass is 10.1. The molecule has 1 heterocycles. The molecule has 0 radical (unpaired) electrons. The van der Waals surface area contributed by atoms with Gasteiger partial charge in [0.25, 0.3) is 5.91 Å². The maximum Gasteiger partial charge on any atom is 0.257 e. The van der Waals surface area contributed by atoms with Crippen LogP contribution in [-0.2, 0) is 0 Å². The number of thiocarbonyl (C=S) groups is 1. The van der Waals surface area contributed by atoms with Crippen molar-refractivity contribution >= 4 is 40.0 Å². The quantitative estimate of drug-likeness (QED) is 0.400. The van der Waals surface area contributed by atoms with Gasteiger partial charge >= 0.3 is 0 Å². The molecular weight excluding hydrogens is 406 g/mol. The van der Waals surface area contributed by atoms with Crippen molar-refractivity contribution in [3.8, 4) is 11.5 Å². The first-order valence-electron chi connectivity index (χ1n) is 9.97.